The lowest BCUT2D eigenvalue weighted by atomic mass is 9.93. The highest BCUT2D eigenvalue weighted by atomic mass is 19.1. The van der Waals surface area contributed by atoms with Crippen LogP contribution in [0, 0.1) is 5.82 Å². The molecule has 0 unspecified atom stereocenters. The molecule has 0 saturated carbocycles. The highest BCUT2D eigenvalue weighted by Gasteiger charge is 2.41. The SMILES string of the molecule is CC[C@H]1CCCCN1[C@@H](C(=O)c1ccccc1)C(=O)N(CCCC(N)=O)[C@@H](C)c1nc2c(F)cccc2[nH]1. The van der Waals surface area contributed by atoms with E-state index in [1.807, 2.05) is 11.0 Å². The second-order valence-corrected chi connectivity index (χ2v) is 9.96. The molecule has 3 atom stereocenters. The van der Waals surface area contributed by atoms with Crippen LogP contribution < -0.4 is 5.73 Å². The number of ketones is 1. The van der Waals surface area contributed by atoms with Gasteiger partial charge in [0.2, 0.25) is 11.8 Å². The van der Waals surface area contributed by atoms with Gasteiger partial charge >= 0.3 is 0 Å². The van der Waals surface area contributed by atoms with Crippen LogP contribution in [0.1, 0.15) is 74.6 Å². The largest absolute Gasteiger partial charge is 0.370 e. The van der Waals surface area contributed by atoms with E-state index in [2.05, 4.69) is 16.9 Å². The summed E-state index contributed by atoms with van der Waals surface area (Å²) in [5.74, 6) is -1.11. The number of aromatic amines is 1. The molecule has 0 spiro atoms. The maximum Gasteiger partial charge on any atom is 0.248 e. The van der Waals surface area contributed by atoms with Crippen molar-refractivity contribution in [3.63, 3.8) is 0 Å². The second-order valence-electron chi connectivity index (χ2n) is 9.96. The van der Waals surface area contributed by atoms with E-state index in [0.717, 1.165) is 25.7 Å². The maximum absolute atomic E-state index is 14.4. The van der Waals surface area contributed by atoms with Crippen molar-refractivity contribution in [3.05, 3.63) is 65.7 Å². The van der Waals surface area contributed by atoms with Gasteiger partial charge in [-0.05, 0) is 51.3 Å². The van der Waals surface area contributed by atoms with Gasteiger partial charge in [0.05, 0.1) is 11.6 Å². The molecule has 3 aromatic rings. The summed E-state index contributed by atoms with van der Waals surface area (Å²) in [5, 5.41) is 0. The topological polar surface area (TPSA) is 112 Å². The lowest BCUT2D eigenvalue weighted by molar-refractivity contribution is -0.139. The van der Waals surface area contributed by atoms with Crippen LogP contribution in [0.4, 0.5) is 4.39 Å². The summed E-state index contributed by atoms with van der Waals surface area (Å²) in [7, 11) is 0. The Morgan fingerprint density at radius 2 is 1.92 bits per heavy atom. The lowest BCUT2D eigenvalue weighted by Gasteiger charge is -2.42. The van der Waals surface area contributed by atoms with Crippen LogP contribution in [-0.2, 0) is 9.59 Å². The molecule has 0 bridgehead atoms. The van der Waals surface area contributed by atoms with E-state index in [1.54, 1.807) is 48.2 Å². The van der Waals surface area contributed by atoms with Gasteiger partial charge in [0.1, 0.15) is 11.3 Å². The number of carbonyl (C=O) groups is 3. The van der Waals surface area contributed by atoms with Crippen LogP contribution in [0.2, 0.25) is 0 Å². The molecule has 1 saturated heterocycles. The van der Waals surface area contributed by atoms with Gasteiger partial charge in [0.25, 0.3) is 0 Å². The third-order valence-corrected chi connectivity index (χ3v) is 7.47. The molecule has 0 radical (unpaired) electrons. The first-order valence-electron chi connectivity index (χ1n) is 13.4. The summed E-state index contributed by atoms with van der Waals surface area (Å²) >= 11 is 0. The summed E-state index contributed by atoms with van der Waals surface area (Å²) in [4.78, 5) is 51.1. The van der Waals surface area contributed by atoms with Crippen molar-refractivity contribution >= 4 is 28.6 Å². The number of nitrogens with one attached hydrogen (secondary N) is 1. The molecular weight excluding hydrogens is 485 g/mol. The molecule has 2 aromatic carbocycles. The number of rotatable bonds is 11. The fraction of sp³-hybridized carbons (Fsp3) is 0.448. The Kier molecular flexibility index (Phi) is 8.89. The number of amides is 2. The smallest absolute Gasteiger partial charge is 0.248 e. The minimum Gasteiger partial charge on any atom is -0.370 e. The van der Waals surface area contributed by atoms with Crippen LogP contribution in [0.5, 0.6) is 0 Å². The first-order valence-corrected chi connectivity index (χ1v) is 13.4. The van der Waals surface area contributed by atoms with E-state index < -0.39 is 23.8 Å². The third kappa shape index (κ3) is 5.93. The number of benzene rings is 2. The van der Waals surface area contributed by atoms with Crippen LogP contribution in [0.15, 0.2) is 48.5 Å². The minimum absolute atomic E-state index is 0.101. The normalized spacial score (nSPS) is 17.7. The van der Waals surface area contributed by atoms with Crippen molar-refractivity contribution in [1.29, 1.82) is 0 Å². The zero-order valence-corrected chi connectivity index (χ0v) is 22.0. The van der Waals surface area contributed by atoms with Gasteiger partial charge in [0, 0.05) is 24.6 Å². The predicted molar refractivity (Wildman–Crippen MR) is 144 cm³/mol. The van der Waals surface area contributed by atoms with E-state index >= 15 is 0 Å². The average molecular weight is 522 g/mol. The van der Waals surface area contributed by atoms with Gasteiger partial charge in [-0.3, -0.25) is 19.3 Å². The number of hydrogen-bond donors (Lipinski definition) is 2. The van der Waals surface area contributed by atoms with Crippen LogP contribution in [-0.4, -0.2) is 62.5 Å². The van der Waals surface area contributed by atoms with E-state index in [-0.39, 0.29) is 36.2 Å². The molecule has 0 aliphatic carbocycles. The summed E-state index contributed by atoms with van der Waals surface area (Å²) < 4.78 is 14.4. The number of piperidine rings is 1. The van der Waals surface area contributed by atoms with E-state index in [4.69, 9.17) is 5.73 Å². The first-order chi connectivity index (χ1) is 18.3. The number of H-pyrrole nitrogens is 1. The van der Waals surface area contributed by atoms with Crippen molar-refractivity contribution in [2.45, 2.75) is 70.5 Å². The molecule has 2 amide bonds. The average Bonchev–Trinajstić information content (AvgIpc) is 3.37. The highest BCUT2D eigenvalue weighted by Crippen LogP contribution is 2.29. The summed E-state index contributed by atoms with van der Waals surface area (Å²) in [6, 6.07) is 12.0. The number of fused-ring (bicyclic) bond motifs is 1. The molecule has 9 heteroatoms. The van der Waals surface area contributed by atoms with Crippen molar-refractivity contribution in [1.82, 2.24) is 19.8 Å². The van der Waals surface area contributed by atoms with Gasteiger partial charge in [-0.25, -0.2) is 9.37 Å². The Labute approximate surface area is 222 Å². The number of aromatic nitrogens is 2. The fourth-order valence-electron chi connectivity index (χ4n) is 5.40. The number of nitrogens with two attached hydrogens (primary N) is 1. The zero-order valence-electron chi connectivity index (χ0n) is 22.0. The van der Waals surface area contributed by atoms with E-state index in [1.165, 1.54) is 6.07 Å². The van der Waals surface area contributed by atoms with Crippen LogP contribution in [0.3, 0.4) is 0 Å². The standard InChI is InChI=1S/C29H36FN5O3/c1-3-21-13-7-8-17-35(21)26(27(37)20-11-5-4-6-12-20)29(38)34(18-10-16-24(31)36)19(2)28-32-23-15-9-14-22(30)25(23)33-28/h4-6,9,11-12,14-15,19,21,26H,3,7-8,10,13,16-18H2,1-2H3,(H2,31,36)(H,32,33)/t19-,21-,26-/m0/s1. The van der Waals surface area contributed by atoms with E-state index in [0.29, 0.717) is 29.9 Å². The third-order valence-electron chi connectivity index (χ3n) is 7.47. The number of hydrogen-bond acceptors (Lipinski definition) is 5. The molecule has 2 heterocycles. The number of Topliss-reactive ketones (excluding diaryl/α,β-unsaturated/α-hetero) is 1. The molecule has 3 N–H and O–H groups in total. The molecule has 8 nitrogen and oxygen atoms in total. The summed E-state index contributed by atoms with van der Waals surface area (Å²) in [6.45, 7) is 4.72. The molecule has 4 rings (SSSR count). The monoisotopic (exact) mass is 521 g/mol. The number of imidazole rings is 1. The number of halogens is 1. The van der Waals surface area contributed by atoms with Crippen molar-refractivity contribution in [2.24, 2.45) is 5.73 Å². The van der Waals surface area contributed by atoms with Gasteiger partial charge in [-0.1, -0.05) is 49.7 Å². The van der Waals surface area contributed by atoms with Crippen molar-refractivity contribution in [3.8, 4) is 0 Å². The number of carbonyl (C=O) groups excluding carboxylic acids is 3. The number of nitrogens with zero attached hydrogens (tertiary/aromatic N) is 3. The van der Waals surface area contributed by atoms with Gasteiger partial charge in [0.15, 0.2) is 17.6 Å². The summed E-state index contributed by atoms with van der Waals surface area (Å²) in [5.41, 5.74) is 6.57. The Morgan fingerprint density at radius 3 is 2.61 bits per heavy atom. The second kappa shape index (κ2) is 12.3. The molecule has 38 heavy (non-hydrogen) atoms. The van der Waals surface area contributed by atoms with E-state index in [9.17, 15) is 18.8 Å². The molecule has 1 aliphatic heterocycles. The highest BCUT2D eigenvalue weighted by molar-refractivity contribution is 6.13. The number of para-hydroxylation sites is 1. The Morgan fingerprint density at radius 1 is 1.16 bits per heavy atom. The molecule has 1 aliphatic rings. The van der Waals surface area contributed by atoms with Crippen LogP contribution >= 0.6 is 0 Å². The summed E-state index contributed by atoms with van der Waals surface area (Å²) in [6.07, 6.45) is 4.14. The Hall–Kier alpha value is -3.59. The van der Waals surface area contributed by atoms with Gasteiger partial charge in [-0.2, -0.15) is 0 Å². The fourth-order valence-corrected chi connectivity index (χ4v) is 5.40. The lowest BCUT2D eigenvalue weighted by Crippen LogP contribution is -2.58. The quantitative estimate of drug-likeness (QED) is 0.287. The number of primary amides is 1. The van der Waals surface area contributed by atoms with Crippen molar-refractivity contribution in [2.75, 3.05) is 13.1 Å². The molecule has 202 valence electrons. The Bertz CT molecular complexity index is 1280. The maximum atomic E-state index is 14.4. The molecule has 1 fully saturated rings. The van der Waals surface area contributed by atoms with Gasteiger partial charge in [-0.15, -0.1) is 0 Å². The zero-order chi connectivity index (χ0) is 27.2. The molecular formula is C29H36FN5O3. The predicted octanol–water partition coefficient (Wildman–Crippen LogP) is 4.37. The van der Waals surface area contributed by atoms with Gasteiger partial charge < -0.3 is 15.6 Å². The van der Waals surface area contributed by atoms with Crippen molar-refractivity contribution < 1.29 is 18.8 Å². The Balaban J connectivity index is 1.74. The minimum atomic E-state index is -1.01. The van der Waals surface area contributed by atoms with Crippen LogP contribution in [0.25, 0.3) is 11.0 Å². The first kappa shape index (κ1) is 27.4. The molecule has 1 aromatic heterocycles. The number of likely N-dealkylation sites (tertiary alicyclic amines) is 1.